The van der Waals surface area contributed by atoms with E-state index in [0.29, 0.717) is 19.8 Å². The van der Waals surface area contributed by atoms with Gasteiger partial charge >= 0.3 is 0 Å². The lowest BCUT2D eigenvalue weighted by Gasteiger charge is -2.42. The highest BCUT2D eigenvalue weighted by Gasteiger charge is 2.38. The monoisotopic (exact) mass is 616 g/mol. The minimum atomic E-state index is -0.438. The summed E-state index contributed by atoms with van der Waals surface area (Å²) in [5.41, 5.74) is 17.1. The molecule has 0 aromatic rings. The van der Waals surface area contributed by atoms with Crippen molar-refractivity contribution in [2.75, 3.05) is 19.8 Å². The quantitative estimate of drug-likeness (QED) is 0.0906. The van der Waals surface area contributed by atoms with Crippen LogP contribution in [0, 0.1) is 5.41 Å². The molecule has 9 atom stereocenters. The topological polar surface area (TPSA) is 115 Å². The molecular formula is C36H77N3O4. The molecule has 260 valence electrons. The molecule has 0 aliphatic carbocycles. The lowest BCUT2D eigenvalue weighted by Crippen LogP contribution is -2.46. The van der Waals surface area contributed by atoms with Gasteiger partial charge in [0.2, 0.25) is 0 Å². The van der Waals surface area contributed by atoms with E-state index in [4.69, 9.17) is 36.1 Å². The molecule has 0 saturated heterocycles. The Bertz CT molecular complexity index is 685. The molecule has 43 heavy (non-hydrogen) atoms. The van der Waals surface area contributed by atoms with E-state index in [1.54, 1.807) is 0 Å². The highest BCUT2D eigenvalue weighted by Crippen LogP contribution is 2.37. The van der Waals surface area contributed by atoms with Crippen molar-refractivity contribution in [2.45, 2.75) is 207 Å². The molecule has 6 N–H and O–H groups in total. The first-order chi connectivity index (χ1) is 19.8. The number of ether oxygens (including phenoxy) is 4. The van der Waals surface area contributed by atoms with Crippen molar-refractivity contribution in [2.24, 2.45) is 22.6 Å². The SMILES string of the molecule is CCCCC(CC)(COC(C)(CC)CC(C)OC(C)(CC)CC(C)N)COC(C)(CC)CC(C)OC(C)(CN)CC(C)N. The summed E-state index contributed by atoms with van der Waals surface area (Å²) in [5, 5.41) is 0. The van der Waals surface area contributed by atoms with E-state index in [-0.39, 0.29) is 46.5 Å². The Morgan fingerprint density at radius 3 is 1.28 bits per heavy atom. The van der Waals surface area contributed by atoms with Crippen LogP contribution >= 0.6 is 0 Å². The number of hydrogen-bond acceptors (Lipinski definition) is 7. The smallest absolute Gasteiger partial charge is 0.0794 e. The Balaban J connectivity index is 5.65. The second-order valence-electron chi connectivity index (χ2n) is 15.2. The van der Waals surface area contributed by atoms with Crippen LogP contribution in [-0.2, 0) is 18.9 Å². The zero-order chi connectivity index (χ0) is 33.5. The van der Waals surface area contributed by atoms with E-state index in [1.807, 2.05) is 6.92 Å². The summed E-state index contributed by atoms with van der Waals surface area (Å²) in [6.07, 6.45) is 10.5. The first kappa shape index (κ1) is 42.7. The highest BCUT2D eigenvalue weighted by molar-refractivity contribution is 4.88. The minimum absolute atomic E-state index is 0.00102. The van der Waals surface area contributed by atoms with Crippen molar-refractivity contribution >= 4 is 0 Å². The van der Waals surface area contributed by atoms with Gasteiger partial charge < -0.3 is 36.1 Å². The molecule has 0 aliphatic rings. The predicted molar refractivity (Wildman–Crippen MR) is 185 cm³/mol. The fourth-order valence-electron chi connectivity index (χ4n) is 6.47. The lowest BCUT2D eigenvalue weighted by molar-refractivity contribution is -0.163. The van der Waals surface area contributed by atoms with Crippen molar-refractivity contribution < 1.29 is 18.9 Å². The van der Waals surface area contributed by atoms with Gasteiger partial charge in [0.15, 0.2) is 0 Å². The lowest BCUT2D eigenvalue weighted by atomic mass is 9.80. The molecule has 0 bridgehead atoms. The number of unbranched alkanes of at least 4 members (excludes halogenated alkanes) is 1. The molecule has 0 saturated carbocycles. The average molecular weight is 616 g/mol. The second kappa shape index (κ2) is 19.4. The largest absolute Gasteiger partial charge is 0.375 e. The van der Waals surface area contributed by atoms with E-state index >= 15 is 0 Å². The average Bonchev–Trinajstić information content (AvgIpc) is 2.91. The van der Waals surface area contributed by atoms with Gasteiger partial charge in [0, 0.05) is 36.9 Å². The van der Waals surface area contributed by atoms with Crippen LogP contribution in [0.2, 0.25) is 0 Å². The minimum Gasteiger partial charge on any atom is -0.375 e. The number of nitrogens with two attached hydrogens (primary N) is 3. The molecule has 0 aromatic heterocycles. The van der Waals surface area contributed by atoms with Gasteiger partial charge in [0.05, 0.1) is 47.8 Å². The molecule has 0 heterocycles. The van der Waals surface area contributed by atoms with Crippen LogP contribution in [0.3, 0.4) is 0 Å². The maximum atomic E-state index is 6.89. The van der Waals surface area contributed by atoms with Gasteiger partial charge in [-0.25, -0.2) is 0 Å². The first-order valence-electron chi connectivity index (χ1n) is 17.7. The molecule has 0 rings (SSSR count). The molecule has 9 unspecified atom stereocenters. The summed E-state index contributed by atoms with van der Waals surface area (Å²) in [5.74, 6) is 0. The summed E-state index contributed by atoms with van der Waals surface area (Å²) < 4.78 is 26.9. The summed E-state index contributed by atoms with van der Waals surface area (Å²) >= 11 is 0. The zero-order valence-electron chi connectivity index (χ0n) is 31.1. The van der Waals surface area contributed by atoms with Gasteiger partial charge in [-0.1, -0.05) is 47.5 Å². The van der Waals surface area contributed by atoms with Crippen LogP contribution < -0.4 is 17.2 Å². The van der Waals surface area contributed by atoms with Crippen LogP contribution in [-0.4, -0.2) is 66.5 Å². The third kappa shape index (κ3) is 16.2. The Morgan fingerprint density at radius 2 is 0.953 bits per heavy atom. The van der Waals surface area contributed by atoms with E-state index in [9.17, 15) is 0 Å². The number of hydrogen-bond donors (Lipinski definition) is 3. The zero-order valence-corrected chi connectivity index (χ0v) is 31.1. The van der Waals surface area contributed by atoms with E-state index < -0.39 is 5.60 Å². The number of rotatable bonds is 26. The van der Waals surface area contributed by atoms with Crippen LogP contribution in [0.15, 0.2) is 0 Å². The van der Waals surface area contributed by atoms with Crippen LogP contribution in [0.5, 0.6) is 0 Å². The molecular weight excluding hydrogens is 538 g/mol. The first-order valence-corrected chi connectivity index (χ1v) is 17.7. The summed E-state index contributed by atoms with van der Waals surface area (Å²) in [7, 11) is 0. The Hall–Kier alpha value is -0.280. The molecule has 0 spiro atoms. The molecule has 7 heteroatoms. The van der Waals surface area contributed by atoms with Gasteiger partial charge in [0.1, 0.15) is 0 Å². The third-order valence-electron chi connectivity index (χ3n) is 9.86. The van der Waals surface area contributed by atoms with Crippen LogP contribution in [0.25, 0.3) is 0 Å². The fraction of sp³-hybridized carbons (Fsp3) is 1.00. The molecule has 0 radical (unpaired) electrons. The molecule has 0 aliphatic heterocycles. The van der Waals surface area contributed by atoms with Crippen molar-refractivity contribution in [3.05, 3.63) is 0 Å². The van der Waals surface area contributed by atoms with Gasteiger partial charge in [-0.2, -0.15) is 0 Å². The van der Waals surface area contributed by atoms with Crippen molar-refractivity contribution in [3.8, 4) is 0 Å². The summed E-state index contributed by atoms with van der Waals surface area (Å²) in [6.45, 7) is 30.0. The van der Waals surface area contributed by atoms with Gasteiger partial charge in [0.25, 0.3) is 0 Å². The third-order valence-corrected chi connectivity index (χ3v) is 9.86. The Labute approximate surface area is 268 Å². The van der Waals surface area contributed by atoms with Crippen molar-refractivity contribution in [1.29, 1.82) is 0 Å². The second-order valence-corrected chi connectivity index (χ2v) is 15.2. The maximum absolute atomic E-state index is 6.89. The predicted octanol–water partition coefficient (Wildman–Crippen LogP) is 7.89. The Morgan fingerprint density at radius 1 is 0.558 bits per heavy atom. The van der Waals surface area contributed by atoms with Crippen LogP contribution in [0.4, 0.5) is 0 Å². The summed E-state index contributed by atoms with van der Waals surface area (Å²) in [4.78, 5) is 0. The fourth-order valence-corrected chi connectivity index (χ4v) is 6.47. The standard InChI is InChI=1S/C36H77N3O4/c1-14-19-20-36(18-5,26-40-32(10,15-2)23-30(8)42-34(12,17-4)21-28(6)38)27-41-33(11,16-3)24-31(9)43-35(13,25-37)22-29(7)39/h28-31H,14-27,37-39H2,1-13H3. The molecule has 0 fully saturated rings. The van der Waals surface area contributed by atoms with Crippen LogP contribution in [0.1, 0.15) is 161 Å². The van der Waals surface area contributed by atoms with E-state index in [1.165, 1.54) is 0 Å². The molecule has 7 nitrogen and oxygen atoms in total. The van der Waals surface area contributed by atoms with Gasteiger partial charge in [-0.05, 0) is 100 Å². The van der Waals surface area contributed by atoms with Crippen molar-refractivity contribution in [3.63, 3.8) is 0 Å². The maximum Gasteiger partial charge on any atom is 0.0794 e. The molecule has 0 amide bonds. The van der Waals surface area contributed by atoms with E-state index in [0.717, 1.165) is 70.6 Å². The van der Waals surface area contributed by atoms with Crippen molar-refractivity contribution in [1.82, 2.24) is 0 Å². The van der Waals surface area contributed by atoms with Gasteiger partial charge in [-0.3, -0.25) is 0 Å². The van der Waals surface area contributed by atoms with Gasteiger partial charge in [-0.15, -0.1) is 0 Å². The molecule has 0 aromatic carbocycles. The summed E-state index contributed by atoms with van der Waals surface area (Å²) in [6, 6.07) is 0.144. The Kier molecular flexibility index (Phi) is 19.3. The van der Waals surface area contributed by atoms with E-state index in [2.05, 4.69) is 83.1 Å². The normalized spacial score (nSPS) is 22.3. The highest BCUT2D eigenvalue weighted by atomic mass is 16.5.